The van der Waals surface area contributed by atoms with E-state index in [1.807, 2.05) is 12.1 Å². The summed E-state index contributed by atoms with van der Waals surface area (Å²) in [5.74, 6) is 0.906. The maximum Gasteiger partial charge on any atom is 0.119 e. The number of methoxy groups -OCH3 is 1. The second-order valence-electron chi connectivity index (χ2n) is 5.05. The van der Waals surface area contributed by atoms with Crippen LogP contribution in [-0.4, -0.2) is 7.11 Å². The van der Waals surface area contributed by atoms with Crippen molar-refractivity contribution in [3.63, 3.8) is 0 Å². The third-order valence-corrected chi connectivity index (χ3v) is 3.64. The van der Waals surface area contributed by atoms with Crippen LogP contribution in [0.25, 0.3) is 0 Å². The minimum absolute atomic E-state index is 0.302. The molecule has 0 aromatic heterocycles. The lowest BCUT2D eigenvalue weighted by Gasteiger charge is -2.15. The molecule has 2 aromatic carbocycles. The van der Waals surface area contributed by atoms with Gasteiger partial charge in [-0.05, 0) is 42.2 Å². The zero-order valence-corrected chi connectivity index (χ0v) is 12.5. The maximum atomic E-state index is 5.27. The standard InChI is InChI=1S/C18H23NO/c1-4-15-8-10-16(11-9-15)13-19-14(2)17-6-5-7-18(12-17)20-3/h5-12,14,19H,4,13H2,1-3H3/t14-/m0/s1. The van der Waals surface area contributed by atoms with Gasteiger partial charge in [-0.15, -0.1) is 0 Å². The zero-order valence-electron chi connectivity index (χ0n) is 12.5. The van der Waals surface area contributed by atoms with Crippen molar-refractivity contribution in [2.45, 2.75) is 32.9 Å². The predicted octanol–water partition coefficient (Wildman–Crippen LogP) is 4.11. The average Bonchev–Trinajstić information content (AvgIpc) is 2.53. The van der Waals surface area contributed by atoms with Crippen molar-refractivity contribution in [2.24, 2.45) is 0 Å². The molecule has 0 aliphatic rings. The number of nitrogens with one attached hydrogen (secondary N) is 1. The quantitative estimate of drug-likeness (QED) is 0.852. The van der Waals surface area contributed by atoms with Gasteiger partial charge in [0.2, 0.25) is 0 Å². The van der Waals surface area contributed by atoms with Crippen molar-refractivity contribution < 1.29 is 4.74 Å². The van der Waals surface area contributed by atoms with Crippen LogP contribution in [0.2, 0.25) is 0 Å². The highest BCUT2D eigenvalue weighted by Gasteiger charge is 2.05. The summed E-state index contributed by atoms with van der Waals surface area (Å²) < 4.78 is 5.27. The Morgan fingerprint density at radius 3 is 2.40 bits per heavy atom. The van der Waals surface area contributed by atoms with Gasteiger partial charge in [-0.3, -0.25) is 0 Å². The van der Waals surface area contributed by atoms with Crippen molar-refractivity contribution in [1.82, 2.24) is 5.32 Å². The number of hydrogen-bond donors (Lipinski definition) is 1. The van der Waals surface area contributed by atoms with Gasteiger partial charge in [-0.1, -0.05) is 43.3 Å². The van der Waals surface area contributed by atoms with Gasteiger partial charge in [-0.2, -0.15) is 0 Å². The number of rotatable bonds is 6. The summed E-state index contributed by atoms with van der Waals surface area (Å²) in [6.07, 6.45) is 1.09. The van der Waals surface area contributed by atoms with Gasteiger partial charge < -0.3 is 10.1 Å². The minimum atomic E-state index is 0.302. The molecule has 0 radical (unpaired) electrons. The highest BCUT2D eigenvalue weighted by molar-refractivity contribution is 5.30. The van der Waals surface area contributed by atoms with Crippen LogP contribution >= 0.6 is 0 Å². The van der Waals surface area contributed by atoms with Gasteiger partial charge >= 0.3 is 0 Å². The van der Waals surface area contributed by atoms with Crippen molar-refractivity contribution in [3.8, 4) is 5.75 Å². The molecule has 0 saturated heterocycles. The van der Waals surface area contributed by atoms with Crippen molar-refractivity contribution in [2.75, 3.05) is 7.11 Å². The Hall–Kier alpha value is -1.80. The Balaban J connectivity index is 1.95. The van der Waals surface area contributed by atoms with E-state index in [-0.39, 0.29) is 0 Å². The normalized spacial score (nSPS) is 12.2. The molecule has 2 rings (SSSR count). The summed E-state index contributed by atoms with van der Waals surface area (Å²) in [5, 5.41) is 3.55. The zero-order chi connectivity index (χ0) is 14.4. The van der Waals surface area contributed by atoms with E-state index >= 15 is 0 Å². The summed E-state index contributed by atoms with van der Waals surface area (Å²) >= 11 is 0. The largest absolute Gasteiger partial charge is 0.497 e. The Labute approximate surface area is 121 Å². The molecule has 0 heterocycles. The predicted molar refractivity (Wildman–Crippen MR) is 84.1 cm³/mol. The number of ether oxygens (including phenoxy) is 1. The van der Waals surface area contributed by atoms with Crippen LogP contribution in [-0.2, 0) is 13.0 Å². The van der Waals surface area contributed by atoms with Crippen molar-refractivity contribution in [3.05, 3.63) is 65.2 Å². The lowest BCUT2D eigenvalue weighted by molar-refractivity contribution is 0.413. The molecule has 0 bridgehead atoms. The third kappa shape index (κ3) is 3.84. The first kappa shape index (κ1) is 14.6. The number of benzene rings is 2. The molecule has 0 fully saturated rings. The average molecular weight is 269 g/mol. The molecule has 2 aromatic rings. The van der Waals surface area contributed by atoms with Gasteiger partial charge in [0.15, 0.2) is 0 Å². The van der Waals surface area contributed by atoms with Gasteiger partial charge in [0.25, 0.3) is 0 Å². The summed E-state index contributed by atoms with van der Waals surface area (Å²) in [6, 6.07) is 17.3. The van der Waals surface area contributed by atoms with Gasteiger partial charge in [0, 0.05) is 12.6 Å². The second kappa shape index (κ2) is 7.11. The number of aryl methyl sites for hydroxylation is 1. The Bertz CT molecular complexity index is 533. The molecule has 0 spiro atoms. The van der Waals surface area contributed by atoms with E-state index in [1.165, 1.54) is 16.7 Å². The smallest absolute Gasteiger partial charge is 0.119 e. The van der Waals surface area contributed by atoms with Gasteiger partial charge in [-0.25, -0.2) is 0 Å². The van der Waals surface area contributed by atoms with E-state index in [2.05, 4.69) is 55.6 Å². The van der Waals surface area contributed by atoms with Gasteiger partial charge in [0.1, 0.15) is 5.75 Å². The minimum Gasteiger partial charge on any atom is -0.497 e. The molecule has 0 aliphatic heterocycles. The van der Waals surface area contributed by atoms with E-state index in [1.54, 1.807) is 7.11 Å². The fraction of sp³-hybridized carbons (Fsp3) is 0.333. The summed E-state index contributed by atoms with van der Waals surface area (Å²) in [4.78, 5) is 0. The fourth-order valence-electron chi connectivity index (χ4n) is 2.19. The SMILES string of the molecule is CCc1ccc(CN[C@@H](C)c2cccc(OC)c2)cc1. The molecule has 2 nitrogen and oxygen atoms in total. The summed E-state index contributed by atoms with van der Waals surface area (Å²) in [5.41, 5.74) is 3.95. The molecule has 106 valence electrons. The van der Waals surface area contributed by atoms with E-state index in [0.717, 1.165) is 18.7 Å². The monoisotopic (exact) mass is 269 g/mol. The summed E-state index contributed by atoms with van der Waals surface area (Å²) in [7, 11) is 1.70. The van der Waals surface area contributed by atoms with Crippen molar-refractivity contribution in [1.29, 1.82) is 0 Å². The highest BCUT2D eigenvalue weighted by Crippen LogP contribution is 2.19. The molecule has 20 heavy (non-hydrogen) atoms. The van der Waals surface area contributed by atoms with Crippen LogP contribution < -0.4 is 10.1 Å². The van der Waals surface area contributed by atoms with E-state index in [9.17, 15) is 0 Å². The number of hydrogen-bond acceptors (Lipinski definition) is 2. The topological polar surface area (TPSA) is 21.3 Å². The van der Waals surface area contributed by atoms with Crippen LogP contribution in [0.5, 0.6) is 5.75 Å². The lowest BCUT2D eigenvalue weighted by Crippen LogP contribution is -2.18. The molecule has 0 aliphatic carbocycles. The second-order valence-corrected chi connectivity index (χ2v) is 5.05. The molecular formula is C18H23NO. The molecule has 2 heteroatoms. The Morgan fingerprint density at radius 2 is 1.75 bits per heavy atom. The Kier molecular flexibility index (Phi) is 5.19. The van der Waals surface area contributed by atoms with Crippen LogP contribution in [0.15, 0.2) is 48.5 Å². The van der Waals surface area contributed by atoms with E-state index in [4.69, 9.17) is 4.74 Å². The lowest BCUT2D eigenvalue weighted by atomic mass is 10.1. The first-order valence-corrected chi connectivity index (χ1v) is 7.18. The molecule has 0 unspecified atom stereocenters. The van der Waals surface area contributed by atoms with Crippen LogP contribution in [0, 0.1) is 0 Å². The first-order chi connectivity index (χ1) is 9.72. The Morgan fingerprint density at radius 1 is 1.05 bits per heavy atom. The first-order valence-electron chi connectivity index (χ1n) is 7.18. The van der Waals surface area contributed by atoms with Crippen LogP contribution in [0.3, 0.4) is 0 Å². The maximum absolute atomic E-state index is 5.27. The fourth-order valence-corrected chi connectivity index (χ4v) is 2.19. The molecule has 0 amide bonds. The molecule has 0 saturated carbocycles. The molecular weight excluding hydrogens is 246 g/mol. The van der Waals surface area contributed by atoms with Crippen LogP contribution in [0.4, 0.5) is 0 Å². The molecule has 1 N–H and O–H groups in total. The van der Waals surface area contributed by atoms with Crippen LogP contribution in [0.1, 0.15) is 36.6 Å². The third-order valence-electron chi connectivity index (χ3n) is 3.64. The molecule has 1 atom stereocenters. The van der Waals surface area contributed by atoms with Crippen molar-refractivity contribution >= 4 is 0 Å². The highest BCUT2D eigenvalue weighted by atomic mass is 16.5. The van der Waals surface area contributed by atoms with Gasteiger partial charge in [0.05, 0.1) is 7.11 Å². The van der Waals surface area contributed by atoms with E-state index in [0.29, 0.717) is 6.04 Å². The summed E-state index contributed by atoms with van der Waals surface area (Å²) in [6.45, 7) is 5.23. The van der Waals surface area contributed by atoms with E-state index < -0.39 is 0 Å².